The molecule has 1 aliphatic heterocycles. The topological polar surface area (TPSA) is 76.5 Å². The smallest absolute Gasteiger partial charge is 0.130 e. The second-order valence-electron chi connectivity index (χ2n) is 4.55. The lowest BCUT2D eigenvalue weighted by atomic mass is 10.0. The molecule has 2 N–H and O–H groups in total. The van der Waals surface area contributed by atoms with E-state index in [0.29, 0.717) is 25.7 Å². The quantitative estimate of drug-likeness (QED) is 0.709. The fourth-order valence-electron chi connectivity index (χ4n) is 2.08. The lowest BCUT2D eigenvalue weighted by Gasteiger charge is -2.11. The molecule has 0 spiro atoms. The number of hydrogen-bond donors (Lipinski definition) is 2. The Morgan fingerprint density at radius 3 is 3.11 bits per heavy atom. The molecule has 19 heavy (non-hydrogen) atoms. The Labute approximate surface area is 113 Å². The summed E-state index contributed by atoms with van der Waals surface area (Å²) in [6.45, 7) is 5.09. The van der Waals surface area contributed by atoms with Crippen LogP contribution < -0.4 is 5.32 Å². The summed E-state index contributed by atoms with van der Waals surface area (Å²) in [6.07, 6.45) is 1.02. The van der Waals surface area contributed by atoms with Crippen molar-refractivity contribution < 1.29 is 14.6 Å². The summed E-state index contributed by atoms with van der Waals surface area (Å²) >= 11 is 0. The van der Waals surface area contributed by atoms with Gasteiger partial charge in [0.05, 0.1) is 32.1 Å². The van der Waals surface area contributed by atoms with Crippen molar-refractivity contribution in [3.8, 4) is 0 Å². The zero-order chi connectivity index (χ0) is 13.5. The molecule has 1 atom stereocenters. The van der Waals surface area contributed by atoms with E-state index in [1.54, 1.807) is 0 Å². The number of aryl methyl sites for hydroxylation is 1. The summed E-state index contributed by atoms with van der Waals surface area (Å²) in [5, 5.41) is 11.8. The third-order valence-electron chi connectivity index (χ3n) is 2.99. The van der Waals surface area contributed by atoms with Crippen molar-refractivity contribution in [2.45, 2.75) is 19.3 Å². The predicted molar refractivity (Wildman–Crippen MR) is 71.3 cm³/mol. The van der Waals surface area contributed by atoms with E-state index in [1.165, 1.54) is 0 Å². The van der Waals surface area contributed by atoms with Crippen LogP contribution in [0.4, 0.5) is 5.82 Å². The Morgan fingerprint density at radius 2 is 2.37 bits per heavy atom. The van der Waals surface area contributed by atoms with Crippen LogP contribution in [-0.2, 0) is 9.47 Å². The second-order valence-corrected chi connectivity index (χ2v) is 4.55. The number of nitrogens with zero attached hydrogens (tertiary/aromatic N) is 2. The standard InChI is InChI=1S/C13H21N3O3/c1-10-15-12(11-2-5-19-9-11)8-13(16-10)14-3-6-18-7-4-17/h8,11,17H,2-7,9H2,1H3,(H,14,15,16). The third kappa shape index (κ3) is 4.41. The van der Waals surface area contributed by atoms with Crippen molar-refractivity contribution in [3.63, 3.8) is 0 Å². The van der Waals surface area contributed by atoms with E-state index in [1.807, 2.05) is 13.0 Å². The molecule has 6 heteroatoms. The van der Waals surface area contributed by atoms with Crippen LogP contribution in [0.15, 0.2) is 6.07 Å². The van der Waals surface area contributed by atoms with Crippen LogP contribution >= 0.6 is 0 Å². The molecule has 1 unspecified atom stereocenters. The summed E-state index contributed by atoms with van der Waals surface area (Å²) < 4.78 is 10.6. The lowest BCUT2D eigenvalue weighted by molar-refractivity contribution is 0.0992. The Balaban J connectivity index is 1.89. The van der Waals surface area contributed by atoms with Crippen LogP contribution in [0.1, 0.15) is 23.9 Å². The summed E-state index contributed by atoms with van der Waals surface area (Å²) in [7, 11) is 0. The first-order valence-electron chi connectivity index (χ1n) is 6.65. The van der Waals surface area contributed by atoms with Gasteiger partial charge in [-0.3, -0.25) is 0 Å². The number of aliphatic hydroxyl groups excluding tert-OH is 1. The number of ether oxygens (including phenoxy) is 2. The zero-order valence-electron chi connectivity index (χ0n) is 11.3. The first-order chi connectivity index (χ1) is 9.29. The van der Waals surface area contributed by atoms with Gasteiger partial charge in [-0.1, -0.05) is 0 Å². The van der Waals surface area contributed by atoms with Gasteiger partial charge >= 0.3 is 0 Å². The number of rotatable bonds is 7. The SMILES string of the molecule is Cc1nc(NCCOCCO)cc(C2CCOC2)n1. The van der Waals surface area contributed by atoms with Crippen LogP contribution in [0.25, 0.3) is 0 Å². The number of aromatic nitrogens is 2. The number of nitrogens with one attached hydrogen (secondary N) is 1. The Morgan fingerprint density at radius 1 is 1.47 bits per heavy atom. The highest BCUT2D eigenvalue weighted by Crippen LogP contribution is 2.24. The fourth-order valence-corrected chi connectivity index (χ4v) is 2.08. The molecule has 0 amide bonds. The fraction of sp³-hybridized carbons (Fsp3) is 0.692. The minimum Gasteiger partial charge on any atom is -0.394 e. The van der Waals surface area contributed by atoms with E-state index in [4.69, 9.17) is 14.6 Å². The van der Waals surface area contributed by atoms with E-state index in [2.05, 4.69) is 15.3 Å². The van der Waals surface area contributed by atoms with Gasteiger partial charge in [-0.15, -0.1) is 0 Å². The molecule has 1 fully saturated rings. The van der Waals surface area contributed by atoms with Gasteiger partial charge in [0.25, 0.3) is 0 Å². The highest BCUT2D eigenvalue weighted by Gasteiger charge is 2.20. The molecule has 1 saturated heterocycles. The van der Waals surface area contributed by atoms with Crippen molar-refractivity contribution in [2.75, 3.05) is 44.9 Å². The van der Waals surface area contributed by atoms with Gasteiger partial charge in [0.15, 0.2) is 0 Å². The molecule has 0 saturated carbocycles. The van der Waals surface area contributed by atoms with E-state index in [0.717, 1.165) is 37.0 Å². The molecule has 1 aliphatic rings. The minimum absolute atomic E-state index is 0.0540. The average molecular weight is 267 g/mol. The predicted octanol–water partition coefficient (Wildman–Crippen LogP) is 0.710. The van der Waals surface area contributed by atoms with Crippen molar-refractivity contribution in [2.24, 2.45) is 0 Å². The maximum absolute atomic E-state index is 8.60. The van der Waals surface area contributed by atoms with Gasteiger partial charge < -0.3 is 19.9 Å². The molecule has 0 bridgehead atoms. The lowest BCUT2D eigenvalue weighted by Crippen LogP contribution is -2.13. The maximum Gasteiger partial charge on any atom is 0.130 e. The van der Waals surface area contributed by atoms with Crippen molar-refractivity contribution in [1.29, 1.82) is 0 Å². The molecular formula is C13H21N3O3. The van der Waals surface area contributed by atoms with Gasteiger partial charge in [-0.2, -0.15) is 0 Å². The van der Waals surface area contributed by atoms with Gasteiger partial charge in [-0.05, 0) is 13.3 Å². The first-order valence-corrected chi connectivity index (χ1v) is 6.65. The van der Waals surface area contributed by atoms with Crippen LogP contribution in [0.5, 0.6) is 0 Å². The molecule has 0 radical (unpaired) electrons. The van der Waals surface area contributed by atoms with E-state index in [-0.39, 0.29) is 6.61 Å². The Bertz CT molecular complexity index is 395. The summed E-state index contributed by atoms with van der Waals surface area (Å²) in [5.41, 5.74) is 1.05. The first kappa shape index (κ1) is 14.2. The molecule has 1 aromatic heterocycles. The molecule has 2 heterocycles. The summed E-state index contributed by atoms with van der Waals surface area (Å²) in [6, 6.07) is 1.98. The van der Waals surface area contributed by atoms with E-state index in [9.17, 15) is 0 Å². The molecule has 1 aromatic rings. The molecule has 6 nitrogen and oxygen atoms in total. The Kier molecular flexibility index (Phi) is 5.50. The summed E-state index contributed by atoms with van der Waals surface area (Å²) in [5.74, 6) is 1.97. The molecule has 2 rings (SSSR count). The second kappa shape index (κ2) is 7.37. The van der Waals surface area contributed by atoms with Gasteiger partial charge in [0, 0.05) is 25.1 Å². The average Bonchev–Trinajstić information content (AvgIpc) is 2.92. The van der Waals surface area contributed by atoms with Crippen LogP contribution in [0.3, 0.4) is 0 Å². The molecular weight excluding hydrogens is 246 g/mol. The van der Waals surface area contributed by atoms with E-state index < -0.39 is 0 Å². The van der Waals surface area contributed by atoms with Crippen LogP contribution in [0.2, 0.25) is 0 Å². The third-order valence-corrected chi connectivity index (χ3v) is 2.99. The number of anilines is 1. The van der Waals surface area contributed by atoms with Crippen molar-refractivity contribution in [3.05, 3.63) is 17.6 Å². The normalized spacial score (nSPS) is 18.7. The largest absolute Gasteiger partial charge is 0.394 e. The van der Waals surface area contributed by atoms with Crippen molar-refractivity contribution in [1.82, 2.24) is 9.97 Å². The van der Waals surface area contributed by atoms with Gasteiger partial charge in [0.1, 0.15) is 11.6 Å². The highest BCUT2D eigenvalue weighted by atomic mass is 16.5. The monoisotopic (exact) mass is 267 g/mol. The maximum atomic E-state index is 8.60. The van der Waals surface area contributed by atoms with Crippen LogP contribution in [-0.4, -0.2) is 54.7 Å². The molecule has 0 aromatic carbocycles. The number of hydrogen-bond acceptors (Lipinski definition) is 6. The zero-order valence-corrected chi connectivity index (χ0v) is 11.3. The van der Waals surface area contributed by atoms with Crippen LogP contribution in [0, 0.1) is 6.92 Å². The minimum atomic E-state index is 0.0540. The van der Waals surface area contributed by atoms with Gasteiger partial charge in [-0.25, -0.2) is 9.97 Å². The Hall–Kier alpha value is -1.24. The molecule has 0 aliphatic carbocycles. The highest BCUT2D eigenvalue weighted by molar-refractivity contribution is 5.37. The van der Waals surface area contributed by atoms with Crippen molar-refractivity contribution >= 4 is 5.82 Å². The number of aliphatic hydroxyl groups is 1. The van der Waals surface area contributed by atoms with E-state index >= 15 is 0 Å². The molecule has 106 valence electrons. The van der Waals surface area contributed by atoms with Gasteiger partial charge in [0.2, 0.25) is 0 Å². The summed E-state index contributed by atoms with van der Waals surface area (Å²) in [4.78, 5) is 8.83.